The third-order valence-electron chi connectivity index (χ3n) is 5.54. The van der Waals surface area contributed by atoms with Crippen molar-refractivity contribution < 1.29 is 55.6 Å². The van der Waals surface area contributed by atoms with Crippen molar-refractivity contribution in [3.05, 3.63) is 54.0 Å². The number of carboxylic acids is 2. The molecule has 15 heteroatoms. The number of carbonyl (C=O) groups is 2. The molecular weight excluding hydrogens is 540 g/mol. The Morgan fingerprint density at radius 1 is 1.08 bits per heavy atom. The summed E-state index contributed by atoms with van der Waals surface area (Å²) < 4.78 is 75.7. The van der Waals surface area contributed by atoms with E-state index in [-0.39, 0.29) is 11.7 Å². The third-order valence-corrected chi connectivity index (χ3v) is 5.54. The molecule has 2 aliphatic rings. The van der Waals surface area contributed by atoms with Crippen LogP contribution in [0.5, 0.6) is 5.88 Å². The van der Waals surface area contributed by atoms with E-state index in [9.17, 15) is 26.3 Å². The molecule has 0 radical (unpaired) electrons. The van der Waals surface area contributed by atoms with Crippen molar-refractivity contribution in [1.29, 1.82) is 0 Å². The van der Waals surface area contributed by atoms with Gasteiger partial charge in [0.1, 0.15) is 6.10 Å². The van der Waals surface area contributed by atoms with Gasteiger partial charge in [-0.1, -0.05) is 12.1 Å². The maximum atomic E-state index is 10.6. The Hall–Kier alpha value is -3.46. The molecule has 2 aromatic rings. The number of piperidine rings is 1. The third kappa shape index (κ3) is 11.0. The first-order valence-electron chi connectivity index (χ1n) is 11.6. The van der Waals surface area contributed by atoms with Gasteiger partial charge in [-0.15, -0.1) is 0 Å². The van der Waals surface area contributed by atoms with Crippen LogP contribution < -0.4 is 4.74 Å². The molecule has 2 fully saturated rings. The van der Waals surface area contributed by atoms with Crippen molar-refractivity contribution >= 4 is 11.9 Å². The molecule has 0 amide bonds. The van der Waals surface area contributed by atoms with E-state index in [0.717, 1.165) is 50.3 Å². The summed E-state index contributed by atoms with van der Waals surface area (Å²) in [4.78, 5) is 29.2. The quantitative estimate of drug-likeness (QED) is 0.522. The van der Waals surface area contributed by atoms with E-state index in [1.54, 1.807) is 6.20 Å². The summed E-state index contributed by atoms with van der Waals surface area (Å²) >= 11 is 0. The molecule has 2 aliphatic heterocycles. The molecule has 4 heterocycles. The predicted molar refractivity (Wildman–Crippen MR) is 123 cm³/mol. The zero-order valence-electron chi connectivity index (χ0n) is 20.7. The fourth-order valence-corrected chi connectivity index (χ4v) is 3.99. The molecule has 9 nitrogen and oxygen atoms in total. The normalized spacial score (nSPS) is 21.3. The molecule has 0 aromatic carbocycles. The average molecular weight is 567 g/mol. The Kier molecular flexibility index (Phi) is 11.0. The molecule has 2 saturated heterocycles. The van der Waals surface area contributed by atoms with E-state index in [2.05, 4.69) is 27.0 Å². The summed E-state index contributed by atoms with van der Waals surface area (Å²) in [6.45, 7) is 5.63. The number of hydrogen-bond donors (Lipinski definition) is 2. The number of rotatable bonds is 4. The fourth-order valence-electron chi connectivity index (χ4n) is 3.99. The van der Waals surface area contributed by atoms with Gasteiger partial charge in [0, 0.05) is 37.5 Å². The summed E-state index contributed by atoms with van der Waals surface area (Å²) in [7, 11) is 0. The number of carboxylic acid groups (broad SMARTS) is 2. The molecule has 4 rings (SSSR count). The van der Waals surface area contributed by atoms with Crippen molar-refractivity contribution in [2.75, 3.05) is 19.7 Å². The van der Waals surface area contributed by atoms with Crippen LogP contribution in [0.2, 0.25) is 0 Å². The fraction of sp³-hybridized carbons (Fsp3) is 0.500. The van der Waals surface area contributed by atoms with Crippen LogP contribution in [0.1, 0.15) is 30.7 Å². The maximum absolute atomic E-state index is 10.6. The van der Waals surface area contributed by atoms with Crippen LogP contribution in [-0.2, 0) is 20.9 Å². The minimum absolute atomic E-state index is 0.0818. The Balaban J connectivity index is 0.000000317. The Labute approximate surface area is 219 Å². The number of hydrogen-bond acceptors (Lipinski definition) is 7. The summed E-state index contributed by atoms with van der Waals surface area (Å²) in [6, 6.07) is 12.0. The van der Waals surface area contributed by atoms with E-state index >= 15 is 0 Å². The van der Waals surface area contributed by atoms with E-state index in [1.807, 2.05) is 31.2 Å². The molecular formula is C24H27F6N3O6. The van der Waals surface area contributed by atoms with Gasteiger partial charge in [-0.05, 0) is 44.5 Å². The monoisotopic (exact) mass is 567 g/mol. The lowest BCUT2D eigenvalue weighted by atomic mass is 9.89. The van der Waals surface area contributed by atoms with Gasteiger partial charge in [-0.3, -0.25) is 9.88 Å². The second-order valence-corrected chi connectivity index (χ2v) is 8.80. The second kappa shape index (κ2) is 13.6. The van der Waals surface area contributed by atoms with Gasteiger partial charge in [0.25, 0.3) is 0 Å². The van der Waals surface area contributed by atoms with E-state index in [1.165, 1.54) is 0 Å². The average Bonchev–Trinajstić information content (AvgIpc) is 3.20. The van der Waals surface area contributed by atoms with Gasteiger partial charge >= 0.3 is 24.3 Å². The Morgan fingerprint density at radius 2 is 1.72 bits per heavy atom. The molecule has 0 bridgehead atoms. The van der Waals surface area contributed by atoms with Gasteiger partial charge in [-0.2, -0.15) is 26.3 Å². The Bertz CT molecular complexity index is 1060. The number of ether oxygens (including phenoxy) is 2. The van der Waals surface area contributed by atoms with E-state index in [4.69, 9.17) is 29.3 Å². The standard InChI is InChI=1S/C20H25N3O2.2C2HF3O2/c1-16-6-4-7-17(22-16)13-23-11-5-9-20(15-23)12-18(14-24-20)25-19-8-2-3-10-21-19;2*3-2(4,5)1(6)7/h2-4,6-8,10,18H,5,9,11-15H2,1H3;2*(H,6,7)/t18-,20+;;/m1../s1. The van der Waals surface area contributed by atoms with E-state index < -0.39 is 24.3 Å². The van der Waals surface area contributed by atoms with Crippen LogP contribution in [0.15, 0.2) is 42.6 Å². The van der Waals surface area contributed by atoms with Crippen LogP contribution in [-0.4, -0.2) is 80.8 Å². The number of pyridine rings is 2. The van der Waals surface area contributed by atoms with Crippen molar-refractivity contribution in [3.8, 4) is 5.88 Å². The molecule has 2 atom stereocenters. The zero-order chi connectivity index (χ0) is 29.3. The van der Waals surface area contributed by atoms with Gasteiger partial charge < -0.3 is 19.7 Å². The number of likely N-dealkylation sites (tertiary alicyclic amines) is 1. The maximum Gasteiger partial charge on any atom is 0.490 e. The number of aliphatic carboxylic acids is 2. The van der Waals surface area contributed by atoms with Crippen LogP contribution in [0.3, 0.4) is 0 Å². The van der Waals surface area contributed by atoms with Gasteiger partial charge in [-0.25, -0.2) is 14.6 Å². The molecule has 39 heavy (non-hydrogen) atoms. The van der Waals surface area contributed by atoms with Crippen molar-refractivity contribution in [3.63, 3.8) is 0 Å². The lowest BCUT2D eigenvalue weighted by molar-refractivity contribution is -0.193. The lowest BCUT2D eigenvalue weighted by Crippen LogP contribution is -2.47. The summed E-state index contributed by atoms with van der Waals surface area (Å²) in [5, 5.41) is 14.2. The van der Waals surface area contributed by atoms with E-state index in [0.29, 0.717) is 12.5 Å². The first-order chi connectivity index (χ1) is 18.1. The van der Waals surface area contributed by atoms with Crippen molar-refractivity contribution in [2.24, 2.45) is 0 Å². The summed E-state index contributed by atoms with van der Waals surface area (Å²) in [5.41, 5.74) is 2.13. The molecule has 0 unspecified atom stereocenters. The summed E-state index contributed by atoms with van der Waals surface area (Å²) in [6.07, 6.45) is -5.12. The molecule has 0 saturated carbocycles. The minimum atomic E-state index is -5.08. The van der Waals surface area contributed by atoms with Crippen LogP contribution in [0, 0.1) is 6.92 Å². The second-order valence-electron chi connectivity index (χ2n) is 8.80. The highest BCUT2D eigenvalue weighted by Crippen LogP contribution is 2.36. The molecule has 2 N–H and O–H groups in total. The van der Waals surface area contributed by atoms with Gasteiger partial charge in [0.2, 0.25) is 5.88 Å². The van der Waals surface area contributed by atoms with Gasteiger partial charge in [0.15, 0.2) is 0 Å². The highest BCUT2D eigenvalue weighted by molar-refractivity contribution is 5.73. The number of alkyl halides is 6. The largest absolute Gasteiger partial charge is 0.490 e. The van der Waals surface area contributed by atoms with Crippen LogP contribution in [0.4, 0.5) is 26.3 Å². The van der Waals surface area contributed by atoms with Crippen molar-refractivity contribution in [1.82, 2.24) is 14.9 Å². The Morgan fingerprint density at radius 3 is 2.26 bits per heavy atom. The van der Waals surface area contributed by atoms with Crippen molar-refractivity contribution in [2.45, 2.75) is 56.8 Å². The van der Waals surface area contributed by atoms with Gasteiger partial charge in [0.05, 0.1) is 17.9 Å². The topological polar surface area (TPSA) is 122 Å². The first-order valence-corrected chi connectivity index (χ1v) is 11.6. The SMILES string of the molecule is Cc1cccc(CN2CCC[C@]3(C[C@@H](Oc4ccccn4)CO3)C2)n1.O=C(O)C(F)(F)F.O=C(O)C(F)(F)F. The number of aromatic nitrogens is 2. The first kappa shape index (κ1) is 31.8. The molecule has 216 valence electrons. The number of halogens is 6. The molecule has 0 aliphatic carbocycles. The highest BCUT2D eigenvalue weighted by Gasteiger charge is 2.44. The minimum Gasteiger partial charge on any atom is -0.475 e. The predicted octanol–water partition coefficient (Wildman–Crippen LogP) is 4.25. The molecule has 1 spiro atoms. The summed E-state index contributed by atoms with van der Waals surface area (Å²) in [5.74, 6) is -4.83. The van der Waals surface area contributed by atoms with Crippen LogP contribution >= 0.6 is 0 Å². The zero-order valence-corrected chi connectivity index (χ0v) is 20.7. The smallest absolute Gasteiger partial charge is 0.475 e. The van der Waals surface area contributed by atoms with Crippen LogP contribution in [0.25, 0.3) is 0 Å². The highest BCUT2D eigenvalue weighted by atomic mass is 19.4. The molecule has 2 aromatic heterocycles. The lowest BCUT2D eigenvalue weighted by Gasteiger charge is -2.39. The number of aryl methyl sites for hydroxylation is 1. The number of nitrogens with zero attached hydrogens (tertiary/aromatic N) is 3.